The van der Waals surface area contributed by atoms with Crippen LogP contribution in [0, 0.1) is 17.8 Å². The number of ketones is 2. The number of rotatable bonds is 8. The summed E-state index contributed by atoms with van der Waals surface area (Å²) in [5, 5.41) is 12.4. The molecular weight excluding hydrogens is 436 g/mol. The summed E-state index contributed by atoms with van der Waals surface area (Å²) in [5.74, 6) is 6.90. The average Bonchev–Trinajstić information content (AvgIpc) is 3.66. The van der Waals surface area contributed by atoms with E-state index in [4.69, 9.17) is 17.3 Å². The summed E-state index contributed by atoms with van der Waals surface area (Å²) in [4.78, 5) is 28.4. The molecule has 1 aliphatic rings. The number of halogens is 1. The van der Waals surface area contributed by atoms with E-state index >= 15 is 0 Å². The molecule has 0 saturated heterocycles. The highest BCUT2D eigenvalue weighted by Gasteiger charge is 2.29. The first-order chi connectivity index (χ1) is 15.9. The third-order valence-electron chi connectivity index (χ3n) is 5.88. The lowest BCUT2D eigenvalue weighted by Gasteiger charge is -2.09. The van der Waals surface area contributed by atoms with Crippen LogP contribution in [-0.2, 0) is 4.79 Å². The van der Waals surface area contributed by atoms with Crippen molar-refractivity contribution in [3.8, 4) is 11.8 Å². The van der Waals surface area contributed by atoms with Gasteiger partial charge in [-0.15, -0.1) is 0 Å². The number of Topliss-reactive ketones (excluding diaryl/α,β-unsaturated/α-hetero) is 2. The van der Waals surface area contributed by atoms with E-state index in [-0.39, 0.29) is 23.9 Å². The Balaban J connectivity index is 1.37. The number of pyridine rings is 1. The lowest BCUT2D eigenvalue weighted by atomic mass is 10.00. The molecule has 1 aliphatic carbocycles. The van der Waals surface area contributed by atoms with E-state index in [9.17, 15) is 14.7 Å². The molecule has 3 aromatic rings. The minimum Gasteiger partial charge on any atom is -0.393 e. The van der Waals surface area contributed by atoms with Crippen LogP contribution in [-0.4, -0.2) is 27.8 Å². The highest BCUT2D eigenvalue weighted by atomic mass is 35.5. The molecule has 6 heteroatoms. The SMILES string of the molecule is Nc1ncc2ccc(Cl)cc2c1C#Cc1ccc(C(=O)CCC(O)CCC(=O)C2CC2)cc1. The maximum absolute atomic E-state index is 12.5. The molecular formula is C27H25ClN2O3. The summed E-state index contributed by atoms with van der Waals surface area (Å²) in [6.45, 7) is 0. The van der Waals surface area contributed by atoms with Crippen molar-refractivity contribution >= 4 is 39.8 Å². The number of aromatic nitrogens is 1. The van der Waals surface area contributed by atoms with Gasteiger partial charge in [0.05, 0.1) is 11.7 Å². The van der Waals surface area contributed by atoms with Gasteiger partial charge in [-0.25, -0.2) is 4.98 Å². The number of benzene rings is 2. The Morgan fingerprint density at radius 2 is 1.82 bits per heavy atom. The zero-order valence-electron chi connectivity index (χ0n) is 18.2. The molecule has 0 aliphatic heterocycles. The van der Waals surface area contributed by atoms with E-state index in [1.165, 1.54) is 0 Å². The molecule has 0 radical (unpaired) electrons. The first-order valence-electron chi connectivity index (χ1n) is 11.1. The molecule has 1 aromatic heterocycles. The largest absolute Gasteiger partial charge is 0.393 e. The molecule has 3 N–H and O–H groups in total. The molecule has 5 nitrogen and oxygen atoms in total. The first-order valence-corrected chi connectivity index (χ1v) is 11.5. The van der Waals surface area contributed by atoms with Gasteiger partial charge in [0.1, 0.15) is 11.6 Å². The number of hydrogen-bond acceptors (Lipinski definition) is 5. The number of nitrogens with two attached hydrogens (primary N) is 1. The van der Waals surface area contributed by atoms with Gasteiger partial charge in [0.15, 0.2) is 5.78 Å². The second-order valence-electron chi connectivity index (χ2n) is 8.47. The van der Waals surface area contributed by atoms with E-state index in [1.807, 2.05) is 12.1 Å². The summed E-state index contributed by atoms with van der Waals surface area (Å²) >= 11 is 6.13. The number of carbonyl (C=O) groups is 2. The molecule has 1 saturated carbocycles. The Kier molecular flexibility index (Phi) is 7.08. The number of hydrogen-bond donors (Lipinski definition) is 2. The summed E-state index contributed by atoms with van der Waals surface area (Å²) in [5.41, 5.74) is 7.96. The Hall–Kier alpha value is -3.20. The number of nitrogens with zero attached hydrogens (tertiary/aromatic N) is 1. The zero-order valence-corrected chi connectivity index (χ0v) is 18.9. The predicted octanol–water partition coefficient (Wildman–Crippen LogP) is 4.95. The number of anilines is 1. The molecule has 4 rings (SSSR count). The van der Waals surface area contributed by atoms with Gasteiger partial charge in [0.25, 0.3) is 0 Å². The Labute approximate surface area is 198 Å². The Bertz CT molecular complexity index is 1250. The van der Waals surface area contributed by atoms with Gasteiger partial charge < -0.3 is 10.8 Å². The monoisotopic (exact) mass is 460 g/mol. The fourth-order valence-electron chi connectivity index (χ4n) is 3.71. The first kappa shape index (κ1) is 23.0. The second kappa shape index (κ2) is 10.2. The van der Waals surface area contributed by atoms with Crippen LogP contribution in [0.25, 0.3) is 10.8 Å². The topological polar surface area (TPSA) is 93.3 Å². The summed E-state index contributed by atoms with van der Waals surface area (Å²) in [6, 6.07) is 12.5. The van der Waals surface area contributed by atoms with Crippen LogP contribution in [0.3, 0.4) is 0 Å². The van der Waals surface area contributed by atoms with E-state index in [2.05, 4.69) is 16.8 Å². The van der Waals surface area contributed by atoms with Crippen molar-refractivity contribution in [1.82, 2.24) is 4.98 Å². The number of nitrogen functional groups attached to an aromatic ring is 1. The van der Waals surface area contributed by atoms with Gasteiger partial charge in [-0.3, -0.25) is 9.59 Å². The quantitative estimate of drug-likeness (QED) is 0.366. The van der Waals surface area contributed by atoms with Crippen LogP contribution in [0.1, 0.15) is 60.0 Å². The van der Waals surface area contributed by atoms with Crippen LogP contribution in [0.15, 0.2) is 48.7 Å². The fourth-order valence-corrected chi connectivity index (χ4v) is 3.88. The highest BCUT2D eigenvalue weighted by molar-refractivity contribution is 6.31. The molecule has 1 atom stereocenters. The minimum absolute atomic E-state index is 0.0424. The fraction of sp³-hybridized carbons (Fsp3) is 0.296. The number of carbonyl (C=O) groups excluding carboxylic acids is 2. The molecule has 33 heavy (non-hydrogen) atoms. The van der Waals surface area contributed by atoms with Gasteiger partial charge in [0, 0.05) is 51.9 Å². The van der Waals surface area contributed by atoms with Crippen molar-refractivity contribution in [1.29, 1.82) is 0 Å². The lowest BCUT2D eigenvalue weighted by molar-refractivity contribution is -0.120. The van der Waals surface area contributed by atoms with Gasteiger partial charge in [-0.2, -0.15) is 0 Å². The van der Waals surface area contributed by atoms with Crippen LogP contribution in [0.5, 0.6) is 0 Å². The third kappa shape index (κ3) is 5.98. The van der Waals surface area contributed by atoms with Crippen molar-refractivity contribution in [2.45, 2.75) is 44.6 Å². The molecule has 1 fully saturated rings. The van der Waals surface area contributed by atoms with Crippen molar-refractivity contribution in [3.63, 3.8) is 0 Å². The van der Waals surface area contributed by atoms with Gasteiger partial charge >= 0.3 is 0 Å². The van der Waals surface area contributed by atoms with E-state index < -0.39 is 6.10 Å². The van der Waals surface area contributed by atoms with Crippen LogP contribution in [0.4, 0.5) is 5.82 Å². The minimum atomic E-state index is -0.630. The maximum atomic E-state index is 12.5. The average molecular weight is 461 g/mol. The maximum Gasteiger partial charge on any atom is 0.162 e. The molecule has 168 valence electrons. The van der Waals surface area contributed by atoms with Gasteiger partial charge in [-0.1, -0.05) is 41.6 Å². The molecule has 0 amide bonds. The van der Waals surface area contributed by atoms with Crippen LogP contribution < -0.4 is 5.73 Å². The van der Waals surface area contributed by atoms with Gasteiger partial charge in [0.2, 0.25) is 0 Å². The molecule has 0 spiro atoms. The number of fused-ring (bicyclic) bond motifs is 1. The standard InChI is InChI=1S/C27H25ClN2O3/c28-21-9-8-20-16-30-27(29)23(24(20)15-21)12-3-17-1-4-18(5-2-17)25(32)13-10-22(31)11-14-26(33)19-6-7-19/h1-2,4-5,8-9,15-16,19,22,31H,6-7,10-11,13-14H2,(H2,29,30). The molecule has 2 aromatic carbocycles. The molecule has 1 heterocycles. The lowest BCUT2D eigenvalue weighted by Crippen LogP contribution is -2.13. The normalized spacial score (nSPS) is 13.9. The van der Waals surface area contributed by atoms with Crippen LogP contribution in [0.2, 0.25) is 5.02 Å². The highest BCUT2D eigenvalue weighted by Crippen LogP contribution is 2.31. The summed E-state index contributed by atoms with van der Waals surface area (Å²) in [6.07, 6.45) is 4.44. The smallest absolute Gasteiger partial charge is 0.162 e. The van der Waals surface area contributed by atoms with E-state index in [1.54, 1.807) is 36.5 Å². The summed E-state index contributed by atoms with van der Waals surface area (Å²) < 4.78 is 0. The summed E-state index contributed by atoms with van der Waals surface area (Å²) in [7, 11) is 0. The zero-order chi connectivity index (χ0) is 23.4. The molecule has 0 bridgehead atoms. The van der Waals surface area contributed by atoms with E-state index in [0.29, 0.717) is 41.2 Å². The predicted molar refractivity (Wildman–Crippen MR) is 130 cm³/mol. The van der Waals surface area contributed by atoms with Crippen molar-refractivity contribution < 1.29 is 14.7 Å². The van der Waals surface area contributed by atoms with Crippen LogP contribution >= 0.6 is 11.6 Å². The number of aliphatic hydroxyl groups is 1. The second-order valence-corrected chi connectivity index (χ2v) is 8.91. The molecule has 1 unspecified atom stereocenters. The van der Waals surface area contributed by atoms with E-state index in [0.717, 1.165) is 29.2 Å². The van der Waals surface area contributed by atoms with Crippen molar-refractivity contribution in [3.05, 3.63) is 70.4 Å². The van der Waals surface area contributed by atoms with Gasteiger partial charge in [-0.05, 0) is 49.9 Å². The Morgan fingerprint density at radius 1 is 1.09 bits per heavy atom. The van der Waals surface area contributed by atoms with Crippen molar-refractivity contribution in [2.24, 2.45) is 5.92 Å². The Morgan fingerprint density at radius 3 is 2.55 bits per heavy atom. The van der Waals surface area contributed by atoms with Crippen molar-refractivity contribution in [2.75, 3.05) is 5.73 Å². The number of aliphatic hydroxyl groups excluding tert-OH is 1. The third-order valence-corrected chi connectivity index (χ3v) is 6.12.